The van der Waals surface area contributed by atoms with Gasteiger partial charge in [-0.3, -0.25) is 0 Å². The van der Waals surface area contributed by atoms with Crippen molar-refractivity contribution in [3.63, 3.8) is 0 Å². The molecule has 20 heavy (non-hydrogen) atoms. The molecule has 2 nitrogen and oxygen atoms in total. The van der Waals surface area contributed by atoms with Crippen molar-refractivity contribution in [2.75, 3.05) is 18.0 Å². The molecular formula is C17H29FN2. The van der Waals surface area contributed by atoms with Gasteiger partial charge in [0.15, 0.2) is 0 Å². The zero-order valence-electron chi connectivity index (χ0n) is 13.4. The largest absolute Gasteiger partial charge is 0.366 e. The molecule has 0 radical (unpaired) electrons. The average molecular weight is 280 g/mol. The first-order chi connectivity index (χ1) is 9.63. The van der Waals surface area contributed by atoms with Gasteiger partial charge in [0, 0.05) is 19.1 Å². The van der Waals surface area contributed by atoms with Crippen molar-refractivity contribution >= 4 is 5.69 Å². The zero-order valence-corrected chi connectivity index (χ0v) is 13.4. The van der Waals surface area contributed by atoms with Crippen LogP contribution in [-0.2, 0) is 6.54 Å². The molecule has 0 bridgehead atoms. The summed E-state index contributed by atoms with van der Waals surface area (Å²) in [7, 11) is 0. The number of rotatable bonds is 9. The molecule has 0 aliphatic heterocycles. The fourth-order valence-electron chi connectivity index (χ4n) is 2.29. The first-order valence-electron chi connectivity index (χ1n) is 7.89. The molecule has 114 valence electrons. The van der Waals surface area contributed by atoms with Crippen LogP contribution >= 0.6 is 0 Å². The van der Waals surface area contributed by atoms with Crippen molar-refractivity contribution in [2.45, 2.75) is 59.5 Å². The van der Waals surface area contributed by atoms with E-state index in [1.54, 1.807) is 6.07 Å². The molecule has 0 spiro atoms. The van der Waals surface area contributed by atoms with Gasteiger partial charge in [0.05, 0.1) is 5.69 Å². The van der Waals surface area contributed by atoms with Gasteiger partial charge in [-0.05, 0) is 44.0 Å². The number of hydrogen-bond donors (Lipinski definition) is 1. The highest BCUT2D eigenvalue weighted by Gasteiger charge is 2.16. The molecule has 0 aliphatic carbocycles. The molecule has 1 aromatic carbocycles. The number of nitrogens with zero attached hydrogens (tertiary/aromatic N) is 1. The second-order valence-electron chi connectivity index (χ2n) is 5.37. The topological polar surface area (TPSA) is 15.3 Å². The Hall–Kier alpha value is -1.09. The van der Waals surface area contributed by atoms with Gasteiger partial charge in [0.25, 0.3) is 0 Å². The third-order valence-electron chi connectivity index (χ3n) is 3.78. The number of nitrogens with one attached hydrogen (secondary N) is 1. The molecule has 1 rings (SSSR count). The molecule has 1 N–H and O–H groups in total. The van der Waals surface area contributed by atoms with E-state index in [-0.39, 0.29) is 5.82 Å². The highest BCUT2D eigenvalue weighted by atomic mass is 19.1. The van der Waals surface area contributed by atoms with E-state index < -0.39 is 0 Å². The Balaban J connectivity index is 2.89. The highest BCUT2D eigenvalue weighted by Crippen LogP contribution is 2.24. The van der Waals surface area contributed by atoms with E-state index in [0.717, 1.165) is 50.1 Å². The second kappa shape index (κ2) is 8.96. The van der Waals surface area contributed by atoms with Crippen molar-refractivity contribution in [1.29, 1.82) is 0 Å². The minimum absolute atomic E-state index is 0.100. The molecule has 0 fully saturated rings. The van der Waals surface area contributed by atoms with Crippen LogP contribution in [0.1, 0.15) is 52.5 Å². The predicted molar refractivity (Wildman–Crippen MR) is 85.8 cm³/mol. The summed E-state index contributed by atoms with van der Waals surface area (Å²) in [6, 6.07) is 6.00. The van der Waals surface area contributed by atoms with Crippen LogP contribution < -0.4 is 10.2 Å². The monoisotopic (exact) mass is 280 g/mol. The van der Waals surface area contributed by atoms with E-state index in [1.807, 2.05) is 12.1 Å². The molecule has 1 aromatic rings. The Bertz CT molecular complexity index is 393. The smallest absolute Gasteiger partial charge is 0.146 e. The normalized spacial score (nSPS) is 12.4. The summed E-state index contributed by atoms with van der Waals surface area (Å²) in [6.45, 7) is 11.1. The van der Waals surface area contributed by atoms with Gasteiger partial charge in [-0.1, -0.05) is 33.3 Å². The summed E-state index contributed by atoms with van der Waals surface area (Å²) in [5.41, 5.74) is 1.75. The fourth-order valence-corrected chi connectivity index (χ4v) is 2.29. The van der Waals surface area contributed by atoms with Crippen LogP contribution in [0.4, 0.5) is 10.1 Å². The van der Waals surface area contributed by atoms with Crippen LogP contribution in [-0.4, -0.2) is 19.1 Å². The third-order valence-corrected chi connectivity index (χ3v) is 3.78. The Morgan fingerprint density at radius 1 is 1.25 bits per heavy atom. The Kier molecular flexibility index (Phi) is 7.60. The van der Waals surface area contributed by atoms with Gasteiger partial charge in [-0.15, -0.1) is 0 Å². The number of benzene rings is 1. The van der Waals surface area contributed by atoms with E-state index in [0.29, 0.717) is 6.04 Å². The fraction of sp³-hybridized carbons (Fsp3) is 0.647. The minimum Gasteiger partial charge on any atom is -0.366 e. The van der Waals surface area contributed by atoms with Crippen LogP contribution in [0, 0.1) is 5.82 Å². The maximum Gasteiger partial charge on any atom is 0.146 e. The molecule has 0 aliphatic rings. The molecule has 1 unspecified atom stereocenters. The SMILES string of the molecule is CCCCN(c1ccc(CNCC)cc1F)C(C)CC. The number of anilines is 1. The van der Waals surface area contributed by atoms with Gasteiger partial charge < -0.3 is 10.2 Å². The summed E-state index contributed by atoms with van der Waals surface area (Å²) < 4.78 is 14.4. The molecule has 3 heteroatoms. The maximum absolute atomic E-state index is 14.4. The maximum atomic E-state index is 14.4. The molecule has 0 saturated carbocycles. The molecule has 0 amide bonds. The number of unbranched alkanes of at least 4 members (excludes halogenated alkanes) is 1. The lowest BCUT2D eigenvalue weighted by Crippen LogP contribution is -2.34. The lowest BCUT2D eigenvalue weighted by molar-refractivity contribution is 0.563. The lowest BCUT2D eigenvalue weighted by Gasteiger charge is -2.31. The number of hydrogen-bond acceptors (Lipinski definition) is 2. The number of halogens is 1. The van der Waals surface area contributed by atoms with Crippen LogP contribution in [0.3, 0.4) is 0 Å². The van der Waals surface area contributed by atoms with Crippen molar-refractivity contribution < 1.29 is 4.39 Å². The van der Waals surface area contributed by atoms with Crippen LogP contribution in [0.5, 0.6) is 0 Å². The zero-order chi connectivity index (χ0) is 15.0. The minimum atomic E-state index is -0.100. The standard InChI is InChI=1S/C17H29FN2/c1-5-8-11-20(14(4)6-2)17-10-9-15(12-16(17)18)13-19-7-3/h9-10,12,14,19H,5-8,11,13H2,1-4H3. The van der Waals surface area contributed by atoms with Crippen molar-refractivity contribution in [1.82, 2.24) is 5.32 Å². The lowest BCUT2D eigenvalue weighted by atomic mass is 10.1. The van der Waals surface area contributed by atoms with E-state index in [9.17, 15) is 4.39 Å². The highest BCUT2D eigenvalue weighted by molar-refractivity contribution is 5.50. The van der Waals surface area contributed by atoms with Crippen molar-refractivity contribution in [3.8, 4) is 0 Å². The molecular weight excluding hydrogens is 251 g/mol. The molecule has 0 aromatic heterocycles. The quantitative estimate of drug-likeness (QED) is 0.724. The van der Waals surface area contributed by atoms with Gasteiger partial charge in [0.1, 0.15) is 5.82 Å². The Morgan fingerprint density at radius 2 is 2.00 bits per heavy atom. The van der Waals surface area contributed by atoms with Crippen LogP contribution in [0.15, 0.2) is 18.2 Å². The summed E-state index contributed by atoms with van der Waals surface area (Å²) >= 11 is 0. The summed E-state index contributed by atoms with van der Waals surface area (Å²) in [6.07, 6.45) is 3.26. The van der Waals surface area contributed by atoms with E-state index in [4.69, 9.17) is 0 Å². The van der Waals surface area contributed by atoms with Gasteiger partial charge in [0.2, 0.25) is 0 Å². The van der Waals surface area contributed by atoms with Crippen molar-refractivity contribution in [2.24, 2.45) is 0 Å². The van der Waals surface area contributed by atoms with Gasteiger partial charge >= 0.3 is 0 Å². The first kappa shape index (κ1) is 17.0. The summed E-state index contributed by atoms with van der Waals surface area (Å²) in [5.74, 6) is -0.100. The van der Waals surface area contributed by atoms with E-state index in [2.05, 4.69) is 37.9 Å². The summed E-state index contributed by atoms with van der Waals surface area (Å²) in [4.78, 5) is 2.20. The average Bonchev–Trinajstić information content (AvgIpc) is 2.46. The third kappa shape index (κ3) is 4.78. The second-order valence-corrected chi connectivity index (χ2v) is 5.37. The molecule has 1 atom stereocenters. The first-order valence-corrected chi connectivity index (χ1v) is 7.89. The Morgan fingerprint density at radius 3 is 2.55 bits per heavy atom. The summed E-state index contributed by atoms with van der Waals surface area (Å²) in [5, 5.41) is 3.23. The van der Waals surface area contributed by atoms with E-state index in [1.165, 1.54) is 0 Å². The predicted octanol–water partition coefficient (Wildman–Crippen LogP) is 4.34. The van der Waals surface area contributed by atoms with Gasteiger partial charge in [-0.2, -0.15) is 0 Å². The van der Waals surface area contributed by atoms with Crippen LogP contribution in [0.2, 0.25) is 0 Å². The molecule has 0 heterocycles. The van der Waals surface area contributed by atoms with E-state index >= 15 is 0 Å². The van der Waals surface area contributed by atoms with Crippen LogP contribution in [0.25, 0.3) is 0 Å². The molecule has 0 saturated heterocycles. The van der Waals surface area contributed by atoms with Crippen molar-refractivity contribution in [3.05, 3.63) is 29.6 Å². The van der Waals surface area contributed by atoms with Gasteiger partial charge in [-0.25, -0.2) is 4.39 Å². The Labute approximate surface area is 123 Å².